The molecular formula is C23H24ClF3N4O. The minimum absolute atomic E-state index is 0.107. The highest BCUT2D eigenvalue weighted by Crippen LogP contribution is 2.34. The van der Waals surface area contributed by atoms with Crippen LogP contribution in [0.2, 0.25) is 5.02 Å². The maximum atomic E-state index is 13.6. The second-order valence-electron chi connectivity index (χ2n) is 8.33. The van der Waals surface area contributed by atoms with Crippen molar-refractivity contribution >= 4 is 34.2 Å². The molecule has 1 aliphatic heterocycles. The summed E-state index contributed by atoms with van der Waals surface area (Å²) in [5.74, 6) is -0.891. The maximum Gasteiger partial charge on any atom is 0.449 e. The van der Waals surface area contributed by atoms with Gasteiger partial charge in [-0.25, -0.2) is 4.98 Å². The highest BCUT2D eigenvalue weighted by molar-refractivity contribution is 6.34. The van der Waals surface area contributed by atoms with Gasteiger partial charge in [0.1, 0.15) is 0 Å². The lowest BCUT2D eigenvalue weighted by Gasteiger charge is -2.34. The van der Waals surface area contributed by atoms with Crippen molar-refractivity contribution in [2.45, 2.75) is 25.6 Å². The van der Waals surface area contributed by atoms with E-state index in [4.69, 9.17) is 11.6 Å². The third-order valence-electron chi connectivity index (χ3n) is 5.92. The number of hydrogen-bond acceptors (Lipinski definition) is 3. The van der Waals surface area contributed by atoms with Crippen molar-refractivity contribution in [1.82, 2.24) is 14.5 Å². The number of aromatic nitrogens is 2. The van der Waals surface area contributed by atoms with E-state index in [2.05, 4.69) is 9.88 Å². The quantitative estimate of drug-likeness (QED) is 0.524. The van der Waals surface area contributed by atoms with E-state index >= 15 is 0 Å². The van der Waals surface area contributed by atoms with Crippen LogP contribution < -0.4 is 4.90 Å². The number of rotatable bonds is 4. The number of para-hydroxylation sites is 2. The number of piperidine rings is 1. The number of benzene rings is 2. The summed E-state index contributed by atoms with van der Waals surface area (Å²) >= 11 is 6.34. The van der Waals surface area contributed by atoms with Crippen molar-refractivity contribution in [2.24, 2.45) is 5.92 Å². The van der Waals surface area contributed by atoms with Gasteiger partial charge in [0.05, 0.1) is 21.6 Å². The van der Waals surface area contributed by atoms with Crippen LogP contribution in [-0.2, 0) is 12.7 Å². The predicted molar refractivity (Wildman–Crippen MR) is 119 cm³/mol. The molecule has 1 aliphatic rings. The first kappa shape index (κ1) is 22.5. The van der Waals surface area contributed by atoms with Gasteiger partial charge in [-0.1, -0.05) is 23.7 Å². The topological polar surface area (TPSA) is 41.4 Å². The number of alkyl halides is 3. The summed E-state index contributed by atoms with van der Waals surface area (Å²) in [6.45, 7) is 1.69. The molecule has 4 rings (SSSR count). The van der Waals surface area contributed by atoms with Crippen LogP contribution >= 0.6 is 11.6 Å². The summed E-state index contributed by atoms with van der Waals surface area (Å²) in [6.07, 6.45) is -3.00. The van der Waals surface area contributed by atoms with Crippen LogP contribution in [-0.4, -0.2) is 47.5 Å². The molecule has 32 heavy (non-hydrogen) atoms. The van der Waals surface area contributed by atoms with Gasteiger partial charge in [0.15, 0.2) is 0 Å². The Morgan fingerprint density at radius 1 is 1.16 bits per heavy atom. The van der Waals surface area contributed by atoms with Crippen molar-refractivity contribution in [2.75, 3.05) is 32.1 Å². The van der Waals surface area contributed by atoms with Crippen LogP contribution in [0.25, 0.3) is 11.0 Å². The first-order valence-electron chi connectivity index (χ1n) is 10.4. The van der Waals surface area contributed by atoms with Crippen LogP contribution in [0.1, 0.15) is 29.0 Å². The number of halogens is 4. The lowest BCUT2D eigenvalue weighted by atomic mass is 9.96. The second-order valence-corrected chi connectivity index (χ2v) is 8.73. The van der Waals surface area contributed by atoms with Crippen LogP contribution in [0.15, 0.2) is 42.5 Å². The van der Waals surface area contributed by atoms with Crippen LogP contribution in [0.5, 0.6) is 0 Å². The molecule has 1 aromatic heterocycles. The number of amides is 1. The third-order valence-corrected chi connectivity index (χ3v) is 6.23. The van der Waals surface area contributed by atoms with Gasteiger partial charge in [-0.05, 0) is 49.1 Å². The number of carbonyl (C=O) groups is 1. The first-order valence-corrected chi connectivity index (χ1v) is 10.8. The van der Waals surface area contributed by atoms with E-state index in [1.54, 1.807) is 50.5 Å². The van der Waals surface area contributed by atoms with Gasteiger partial charge in [-0.2, -0.15) is 13.2 Å². The lowest BCUT2D eigenvalue weighted by molar-refractivity contribution is -0.147. The van der Waals surface area contributed by atoms with E-state index < -0.39 is 12.0 Å². The van der Waals surface area contributed by atoms with Gasteiger partial charge in [0, 0.05) is 39.4 Å². The zero-order chi connectivity index (χ0) is 23.0. The van der Waals surface area contributed by atoms with Gasteiger partial charge >= 0.3 is 6.18 Å². The average molecular weight is 465 g/mol. The van der Waals surface area contributed by atoms with E-state index in [0.717, 1.165) is 18.5 Å². The summed E-state index contributed by atoms with van der Waals surface area (Å²) in [5, 5.41) is 0.392. The summed E-state index contributed by atoms with van der Waals surface area (Å²) in [6, 6.07) is 12.1. The van der Waals surface area contributed by atoms with Crippen molar-refractivity contribution in [3.63, 3.8) is 0 Å². The normalized spacial score (nSPS) is 15.4. The largest absolute Gasteiger partial charge is 0.449 e. The Morgan fingerprint density at radius 3 is 2.47 bits per heavy atom. The maximum absolute atomic E-state index is 13.6. The smallest absolute Gasteiger partial charge is 0.371 e. The minimum atomic E-state index is -4.50. The number of nitrogens with zero attached hydrogens (tertiary/aromatic N) is 4. The third kappa shape index (κ3) is 4.41. The molecule has 170 valence electrons. The number of anilines is 1. The van der Waals surface area contributed by atoms with E-state index in [9.17, 15) is 18.0 Å². The molecule has 1 fully saturated rings. The van der Waals surface area contributed by atoms with Crippen LogP contribution in [0, 0.1) is 5.92 Å². The summed E-state index contributed by atoms with van der Waals surface area (Å²) < 4.78 is 42.0. The zero-order valence-electron chi connectivity index (χ0n) is 17.9. The van der Waals surface area contributed by atoms with E-state index in [1.807, 2.05) is 6.07 Å². The van der Waals surface area contributed by atoms with E-state index in [-0.39, 0.29) is 18.4 Å². The SMILES string of the molecule is CN(C)C(=O)c1ccc(N2CCC(Cn3c(C(F)(F)F)nc4ccccc43)CC2)cc1Cl. The Bertz CT molecular complexity index is 1130. The molecule has 3 aromatic rings. The molecule has 5 nitrogen and oxygen atoms in total. The molecule has 0 saturated carbocycles. The van der Waals surface area contributed by atoms with Gasteiger partial charge in [0.25, 0.3) is 5.91 Å². The summed E-state index contributed by atoms with van der Waals surface area (Å²) in [4.78, 5) is 19.6. The summed E-state index contributed by atoms with van der Waals surface area (Å²) in [7, 11) is 3.34. The number of fused-ring (bicyclic) bond motifs is 1. The highest BCUT2D eigenvalue weighted by Gasteiger charge is 2.38. The highest BCUT2D eigenvalue weighted by atomic mass is 35.5. The molecule has 2 aromatic carbocycles. The number of carbonyl (C=O) groups excluding carboxylic acids is 1. The van der Waals surface area contributed by atoms with Crippen molar-refractivity contribution in [3.05, 3.63) is 58.9 Å². The van der Waals surface area contributed by atoms with E-state index in [0.29, 0.717) is 34.7 Å². The zero-order valence-corrected chi connectivity index (χ0v) is 18.6. The Hall–Kier alpha value is -2.74. The molecule has 1 amide bonds. The lowest BCUT2D eigenvalue weighted by Crippen LogP contribution is -2.35. The molecule has 0 aliphatic carbocycles. The fraction of sp³-hybridized carbons (Fsp3) is 0.391. The van der Waals surface area contributed by atoms with E-state index in [1.165, 1.54) is 9.47 Å². The average Bonchev–Trinajstić information content (AvgIpc) is 3.13. The molecule has 0 N–H and O–H groups in total. The Balaban J connectivity index is 1.47. The molecule has 0 unspecified atom stereocenters. The molecular weight excluding hydrogens is 441 g/mol. The predicted octanol–water partition coefficient (Wildman–Crippen LogP) is 5.33. The molecule has 0 radical (unpaired) electrons. The Morgan fingerprint density at radius 2 is 1.84 bits per heavy atom. The number of imidazole rings is 1. The van der Waals surface area contributed by atoms with Gasteiger partial charge in [-0.3, -0.25) is 4.79 Å². The molecule has 0 bridgehead atoms. The Kier molecular flexibility index (Phi) is 6.07. The van der Waals surface area contributed by atoms with Crippen molar-refractivity contribution in [3.8, 4) is 0 Å². The fourth-order valence-electron chi connectivity index (χ4n) is 4.22. The Labute approximate surface area is 189 Å². The van der Waals surface area contributed by atoms with Gasteiger partial charge < -0.3 is 14.4 Å². The molecule has 1 saturated heterocycles. The second kappa shape index (κ2) is 8.65. The van der Waals surface area contributed by atoms with Crippen molar-refractivity contribution in [1.29, 1.82) is 0 Å². The van der Waals surface area contributed by atoms with Crippen molar-refractivity contribution < 1.29 is 18.0 Å². The molecule has 9 heteroatoms. The molecule has 0 atom stereocenters. The first-order chi connectivity index (χ1) is 15.1. The molecule has 0 spiro atoms. The summed E-state index contributed by atoms with van der Waals surface area (Å²) in [5.41, 5.74) is 2.23. The van der Waals surface area contributed by atoms with Gasteiger partial charge in [0.2, 0.25) is 5.82 Å². The van der Waals surface area contributed by atoms with Crippen LogP contribution in [0.4, 0.5) is 18.9 Å². The monoisotopic (exact) mass is 464 g/mol. The number of hydrogen-bond donors (Lipinski definition) is 0. The minimum Gasteiger partial charge on any atom is -0.371 e. The fourth-order valence-corrected chi connectivity index (χ4v) is 4.48. The van der Waals surface area contributed by atoms with Gasteiger partial charge in [-0.15, -0.1) is 0 Å². The standard InChI is InChI=1S/C23H24ClF3N4O/c1-29(2)21(32)17-8-7-16(13-18(17)24)30-11-9-15(10-12-30)14-31-20-6-4-3-5-19(20)28-22(31)23(25,26)27/h3-8,13,15H,9-12,14H2,1-2H3. The molecule has 2 heterocycles. The van der Waals surface area contributed by atoms with Crippen LogP contribution in [0.3, 0.4) is 0 Å².